The molecule has 2 saturated carbocycles. The molecule has 5 aliphatic carbocycles. The second-order valence-corrected chi connectivity index (χ2v) is 5.67. The van der Waals surface area contributed by atoms with Crippen LogP contribution in [-0.2, 0) is 0 Å². The molecule has 0 aromatic rings. The fraction of sp³-hybridized carbons (Fsp3) is 0.846. The zero-order chi connectivity index (χ0) is 8.41. The van der Waals surface area contributed by atoms with Crippen LogP contribution in [0, 0.1) is 23.7 Å². The van der Waals surface area contributed by atoms with E-state index in [0.29, 0.717) is 0 Å². The van der Waals surface area contributed by atoms with E-state index < -0.39 is 0 Å². The monoisotopic (exact) mass is 174 g/mol. The molecule has 0 radical (unpaired) electrons. The van der Waals surface area contributed by atoms with Crippen LogP contribution >= 0.6 is 0 Å². The van der Waals surface area contributed by atoms with Crippen molar-refractivity contribution < 1.29 is 0 Å². The maximum atomic E-state index is 2.01. The Kier molecular flexibility index (Phi) is 1.21. The van der Waals surface area contributed by atoms with E-state index in [9.17, 15) is 0 Å². The van der Waals surface area contributed by atoms with Crippen molar-refractivity contribution in [3.8, 4) is 0 Å². The van der Waals surface area contributed by atoms with E-state index in [-0.39, 0.29) is 0 Å². The molecule has 0 aromatic carbocycles. The third kappa shape index (κ3) is 0.742. The molecule has 0 nitrogen and oxygen atoms in total. The predicted octanol–water partition coefficient (Wildman–Crippen LogP) is 3.53. The number of rotatable bonds is 0. The highest BCUT2D eigenvalue weighted by Gasteiger charge is 2.48. The van der Waals surface area contributed by atoms with Crippen molar-refractivity contribution in [1.29, 1.82) is 0 Å². The molecule has 0 saturated heterocycles. The van der Waals surface area contributed by atoms with Gasteiger partial charge in [-0.15, -0.1) is 0 Å². The first-order valence-electron chi connectivity index (χ1n) is 6.17. The lowest BCUT2D eigenvalue weighted by molar-refractivity contribution is 0.266. The summed E-state index contributed by atoms with van der Waals surface area (Å²) in [6, 6.07) is 0. The van der Waals surface area contributed by atoms with Crippen LogP contribution in [0.25, 0.3) is 0 Å². The Morgan fingerprint density at radius 3 is 1.38 bits per heavy atom. The SMILES string of the molecule is C1CC2CCC1C1=C2[C@H]2CC[C@@H]1C2. The summed E-state index contributed by atoms with van der Waals surface area (Å²) < 4.78 is 0. The number of hydrogen-bond acceptors (Lipinski definition) is 0. The average Bonchev–Trinajstić information content (AvgIpc) is 2.80. The smallest absolute Gasteiger partial charge is 0.0192 e. The quantitative estimate of drug-likeness (QED) is 0.493. The summed E-state index contributed by atoms with van der Waals surface area (Å²) in [5.41, 5.74) is 4.03. The third-order valence-electron chi connectivity index (χ3n) is 5.25. The Hall–Kier alpha value is -0.260. The Labute approximate surface area is 80.4 Å². The van der Waals surface area contributed by atoms with Crippen LogP contribution in [-0.4, -0.2) is 0 Å². The average molecular weight is 174 g/mol. The van der Waals surface area contributed by atoms with Crippen molar-refractivity contribution in [1.82, 2.24) is 0 Å². The Balaban J connectivity index is 1.88. The van der Waals surface area contributed by atoms with E-state index in [1.807, 2.05) is 11.1 Å². The summed E-state index contributed by atoms with van der Waals surface area (Å²) in [5, 5.41) is 0. The second-order valence-electron chi connectivity index (χ2n) is 5.67. The Morgan fingerprint density at radius 2 is 0.923 bits per heavy atom. The van der Waals surface area contributed by atoms with Gasteiger partial charge in [-0.1, -0.05) is 11.1 Å². The first-order valence-corrected chi connectivity index (χ1v) is 6.17. The fourth-order valence-corrected chi connectivity index (χ4v) is 4.87. The lowest BCUT2D eigenvalue weighted by Gasteiger charge is -2.42. The first-order chi connectivity index (χ1) is 6.43. The number of fused-ring (bicyclic) bond motifs is 4. The Morgan fingerprint density at radius 1 is 0.538 bits per heavy atom. The lowest BCUT2D eigenvalue weighted by Crippen LogP contribution is -2.29. The van der Waals surface area contributed by atoms with E-state index >= 15 is 0 Å². The molecule has 0 aromatic heterocycles. The number of allylic oxidation sites excluding steroid dienone is 2. The Bertz CT molecular complexity index is 250. The minimum absolute atomic E-state index is 1.07. The summed E-state index contributed by atoms with van der Waals surface area (Å²) in [5.74, 6) is 4.28. The van der Waals surface area contributed by atoms with Crippen molar-refractivity contribution in [3.63, 3.8) is 0 Å². The van der Waals surface area contributed by atoms with Gasteiger partial charge in [0, 0.05) is 0 Å². The molecule has 0 amide bonds. The van der Waals surface area contributed by atoms with Crippen LogP contribution in [0.1, 0.15) is 44.9 Å². The molecule has 70 valence electrons. The van der Waals surface area contributed by atoms with E-state index in [4.69, 9.17) is 0 Å². The molecule has 2 atom stereocenters. The molecule has 0 unspecified atom stereocenters. The van der Waals surface area contributed by atoms with Gasteiger partial charge in [0.05, 0.1) is 0 Å². The summed E-state index contributed by atoms with van der Waals surface area (Å²) in [7, 11) is 0. The highest BCUT2D eigenvalue weighted by Crippen LogP contribution is 2.61. The van der Waals surface area contributed by atoms with Gasteiger partial charge in [0.25, 0.3) is 0 Å². The standard InChI is InChI=1S/C13H18/c1-2-9-4-3-8(1)12-10-5-6-11(7-10)13(9)12/h8-11H,1-7H2/t8?,9?,10-,11+. The van der Waals surface area contributed by atoms with Crippen LogP contribution in [0.5, 0.6) is 0 Å². The minimum atomic E-state index is 1.07. The topological polar surface area (TPSA) is 0 Å². The first kappa shape index (κ1) is 7.09. The van der Waals surface area contributed by atoms with Crippen molar-refractivity contribution in [2.75, 3.05) is 0 Å². The van der Waals surface area contributed by atoms with Crippen molar-refractivity contribution >= 4 is 0 Å². The lowest BCUT2D eigenvalue weighted by atomic mass is 9.63. The molecule has 5 aliphatic rings. The fourth-order valence-electron chi connectivity index (χ4n) is 4.87. The summed E-state index contributed by atoms with van der Waals surface area (Å²) in [6.45, 7) is 0. The van der Waals surface area contributed by atoms with Crippen molar-refractivity contribution in [2.24, 2.45) is 23.7 Å². The molecule has 5 rings (SSSR count). The van der Waals surface area contributed by atoms with Crippen LogP contribution in [0.4, 0.5) is 0 Å². The molecule has 0 N–H and O–H groups in total. The molecule has 0 aliphatic heterocycles. The molecular formula is C13H18. The molecule has 2 fully saturated rings. The third-order valence-corrected chi connectivity index (χ3v) is 5.25. The van der Waals surface area contributed by atoms with E-state index in [1.54, 1.807) is 44.9 Å². The van der Waals surface area contributed by atoms with Gasteiger partial charge in [0.1, 0.15) is 0 Å². The zero-order valence-corrected chi connectivity index (χ0v) is 8.26. The van der Waals surface area contributed by atoms with Crippen molar-refractivity contribution in [3.05, 3.63) is 11.1 Å². The summed E-state index contributed by atoms with van der Waals surface area (Å²) in [6.07, 6.45) is 10.9. The molecule has 0 spiro atoms. The molecule has 13 heavy (non-hydrogen) atoms. The van der Waals surface area contributed by atoms with Crippen LogP contribution < -0.4 is 0 Å². The van der Waals surface area contributed by atoms with Crippen molar-refractivity contribution in [2.45, 2.75) is 44.9 Å². The van der Waals surface area contributed by atoms with Crippen LogP contribution in [0.3, 0.4) is 0 Å². The minimum Gasteiger partial charge on any atom is -0.0642 e. The van der Waals surface area contributed by atoms with Gasteiger partial charge in [0.15, 0.2) is 0 Å². The second kappa shape index (κ2) is 2.21. The summed E-state index contributed by atoms with van der Waals surface area (Å²) in [4.78, 5) is 0. The van der Waals surface area contributed by atoms with E-state index in [0.717, 1.165) is 23.7 Å². The van der Waals surface area contributed by atoms with E-state index in [1.165, 1.54) is 0 Å². The van der Waals surface area contributed by atoms with E-state index in [2.05, 4.69) is 0 Å². The molecule has 0 heterocycles. The predicted molar refractivity (Wildman–Crippen MR) is 53.3 cm³/mol. The molecule has 0 heteroatoms. The molecular weight excluding hydrogens is 156 g/mol. The van der Waals surface area contributed by atoms with Crippen LogP contribution in [0.15, 0.2) is 11.1 Å². The van der Waals surface area contributed by atoms with Gasteiger partial charge in [-0.25, -0.2) is 0 Å². The highest BCUT2D eigenvalue weighted by molar-refractivity contribution is 5.36. The van der Waals surface area contributed by atoms with Gasteiger partial charge in [-0.2, -0.15) is 0 Å². The van der Waals surface area contributed by atoms with Gasteiger partial charge in [-0.05, 0) is 68.6 Å². The largest absolute Gasteiger partial charge is 0.0642 e. The van der Waals surface area contributed by atoms with Crippen LogP contribution in [0.2, 0.25) is 0 Å². The zero-order valence-electron chi connectivity index (χ0n) is 8.26. The van der Waals surface area contributed by atoms with Gasteiger partial charge < -0.3 is 0 Å². The summed E-state index contributed by atoms with van der Waals surface area (Å²) >= 11 is 0. The maximum absolute atomic E-state index is 2.01. The van der Waals surface area contributed by atoms with Gasteiger partial charge >= 0.3 is 0 Å². The number of hydrogen-bond donors (Lipinski definition) is 0. The highest BCUT2D eigenvalue weighted by atomic mass is 14.5. The van der Waals surface area contributed by atoms with Gasteiger partial charge in [-0.3, -0.25) is 0 Å². The normalized spacial score (nSPS) is 51.7. The van der Waals surface area contributed by atoms with Gasteiger partial charge in [0.2, 0.25) is 0 Å². The molecule has 4 bridgehead atoms. The maximum Gasteiger partial charge on any atom is -0.0192 e.